The average molecular weight is 344 g/mol. The number of ketones is 1. The van der Waals surface area contributed by atoms with E-state index in [0.29, 0.717) is 11.3 Å². The first-order chi connectivity index (χ1) is 11.8. The van der Waals surface area contributed by atoms with E-state index in [1.807, 2.05) is 0 Å². The molecule has 0 spiro atoms. The van der Waals surface area contributed by atoms with Gasteiger partial charge in [0.05, 0.1) is 22.5 Å². The van der Waals surface area contributed by atoms with Crippen LogP contribution in [0.15, 0.2) is 42.5 Å². The van der Waals surface area contributed by atoms with Crippen LogP contribution in [0.3, 0.4) is 0 Å². The van der Waals surface area contributed by atoms with Crippen LogP contribution in [0.2, 0.25) is 0 Å². The lowest BCUT2D eigenvalue weighted by Gasteiger charge is -2.10. The maximum absolute atomic E-state index is 12.0. The third kappa shape index (κ3) is 4.58. The van der Waals surface area contributed by atoms with Gasteiger partial charge < -0.3 is 10.2 Å². The summed E-state index contributed by atoms with van der Waals surface area (Å²) < 4.78 is 0. The van der Waals surface area contributed by atoms with Crippen molar-refractivity contribution < 1.29 is 14.6 Å². The largest absolute Gasteiger partial charge is 0.350 e. The number of nitro benzene ring substituents is 2. The number of non-ortho nitro benzene ring substituents is 1. The summed E-state index contributed by atoms with van der Waals surface area (Å²) in [6.45, 7) is 0.278. The summed E-state index contributed by atoms with van der Waals surface area (Å²) in [6.07, 6.45) is 0. The Morgan fingerprint density at radius 3 is 2.20 bits per heavy atom. The van der Waals surface area contributed by atoms with Crippen molar-refractivity contribution in [2.24, 2.45) is 0 Å². The van der Waals surface area contributed by atoms with Gasteiger partial charge in [-0.15, -0.1) is 0 Å². The molecular weight excluding hydrogens is 328 g/mol. The number of benzene rings is 2. The molecule has 0 saturated carbocycles. The second-order valence-corrected chi connectivity index (χ2v) is 5.58. The molecule has 2 aromatic rings. The summed E-state index contributed by atoms with van der Waals surface area (Å²) in [4.78, 5) is 34.2. The van der Waals surface area contributed by atoms with Gasteiger partial charge in [0.25, 0.3) is 11.4 Å². The number of Topliss-reactive ketones (excluding diaryl/α,β-unsaturated/α-hetero) is 1. The zero-order valence-corrected chi connectivity index (χ0v) is 13.6. The molecule has 0 heterocycles. The Morgan fingerprint density at radius 1 is 1.04 bits per heavy atom. The minimum Gasteiger partial charge on any atom is -0.350 e. The predicted molar refractivity (Wildman–Crippen MR) is 92.4 cm³/mol. The fourth-order valence-electron chi connectivity index (χ4n) is 2.16. The number of nitrogens with one attached hydrogen (secondary N) is 1. The Morgan fingerprint density at radius 2 is 1.68 bits per heavy atom. The van der Waals surface area contributed by atoms with Gasteiger partial charge in [-0.3, -0.25) is 25.0 Å². The van der Waals surface area contributed by atoms with Gasteiger partial charge in [-0.2, -0.15) is 0 Å². The normalized spacial score (nSPS) is 10.5. The summed E-state index contributed by atoms with van der Waals surface area (Å²) in [7, 11) is 3.59. The molecule has 25 heavy (non-hydrogen) atoms. The van der Waals surface area contributed by atoms with Crippen LogP contribution in [-0.2, 0) is 0 Å². The number of carbonyl (C=O) groups excluding carboxylic acids is 1. The van der Waals surface area contributed by atoms with E-state index >= 15 is 0 Å². The van der Waals surface area contributed by atoms with Crippen LogP contribution >= 0.6 is 0 Å². The van der Waals surface area contributed by atoms with E-state index in [9.17, 15) is 25.0 Å². The number of carbonyl (C=O) groups is 1. The lowest BCUT2D eigenvalue weighted by molar-refractivity contribution is -0.393. The van der Waals surface area contributed by atoms with Crippen LogP contribution in [0.1, 0.15) is 10.4 Å². The smallest absolute Gasteiger partial charge is 0.299 e. The number of hydrogen-bond acceptors (Lipinski definition) is 7. The van der Waals surface area contributed by atoms with Crippen molar-refractivity contribution in [3.63, 3.8) is 0 Å². The summed E-state index contributed by atoms with van der Waals surface area (Å²) in [6, 6.07) is 9.84. The summed E-state index contributed by atoms with van der Waals surface area (Å²) in [5, 5.41) is 24.7. The molecular formula is C16H16N4O5. The van der Waals surface area contributed by atoms with E-state index in [4.69, 9.17) is 0 Å². The van der Waals surface area contributed by atoms with E-state index in [-0.39, 0.29) is 23.7 Å². The van der Waals surface area contributed by atoms with Crippen molar-refractivity contribution in [1.29, 1.82) is 0 Å². The average Bonchev–Trinajstić information content (AvgIpc) is 2.54. The number of anilines is 2. The first-order valence-electron chi connectivity index (χ1n) is 7.26. The van der Waals surface area contributed by atoms with Crippen molar-refractivity contribution in [2.45, 2.75) is 0 Å². The molecule has 0 bridgehead atoms. The monoisotopic (exact) mass is 344 g/mol. The molecule has 0 saturated heterocycles. The van der Waals surface area contributed by atoms with Gasteiger partial charge in [0, 0.05) is 17.3 Å². The molecule has 9 heteroatoms. The maximum Gasteiger partial charge on any atom is 0.299 e. The first kappa shape index (κ1) is 18.0. The maximum atomic E-state index is 12.0. The zero-order chi connectivity index (χ0) is 18.6. The Hall–Kier alpha value is -3.33. The minimum atomic E-state index is -0.693. The molecule has 9 nitrogen and oxygen atoms in total. The minimum absolute atomic E-state index is 0.0436. The van der Waals surface area contributed by atoms with Crippen LogP contribution in [0.25, 0.3) is 0 Å². The molecule has 0 aromatic heterocycles. The molecule has 0 aliphatic heterocycles. The van der Waals surface area contributed by atoms with Gasteiger partial charge in [0.2, 0.25) is 0 Å². The Balaban J connectivity index is 2.23. The Labute approximate surface area is 143 Å². The highest BCUT2D eigenvalue weighted by Crippen LogP contribution is 2.31. The van der Waals surface area contributed by atoms with Gasteiger partial charge in [0.1, 0.15) is 5.69 Å². The van der Waals surface area contributed by atoms with E-state index in [1.165, 1.54) is 12.1 Å². The van der Waals surface area contributed by atoms with Crippen molar-refractivity contribution in [1.82, 2.24) is 4.90 Å². The van der Waals surface area contributed by atoms with Crippen LogP contribution < -0.4 is 5.32 Å². The fraction of sp³-hybridized carbons (Fsp3) is 0.188. The first-order valence-corrected chi connectivity index (χ1v) is 7.26. The Bertz CT molecular complexity index is 818. The molecule has 0 aliphatic carbocycles. The summed E-state index contributed by atoms with van der Waals surface area (Å²) in [5.74, 6) is -0.0436. The molecule has 0 radical (unpaired) electrons. The van der Waals surface area contributed by atoms with Gasteiger partial charge in [-0.1, -0.05) is 0 Å². The molecule has 2 aromatic carbocycles. The fourth-order valence-corrected chi connectivity index (χ4v) is 2.16. The van der Waals surface area contributed by atoms with Gasteiger partial charge in [0.15, 0.2) is 5.78 Å². The number of likely N-dealkylation sites (N-methyl/N-ethyl adjacent to an activating group) is 1. The molecule has 0 unspecified atom stereocenters. The van der Waals surface area contributed by atoms with Crippen molar-refractivity contribution in [3.8, 4) is 0 Å². The standard InChI is InChI=1S/C16H16N4O5/c1-18(2)10-16(21)11-3-5-12(6-4-11)17-14-8-7-13(19(22)23)9-15(14)20(24)25/h3-9,17H,10H2,1-2H3. The number of hydrogen-bond donors (Lipinski definition) is 1. The molecule has 0 amide bonds. The third-order valence-corrected chi connectivity index (χ3v) is 3.33. The lowest BCUT2D eigenvalue weighted by Crippen LogP contribution is -2.21. The van der Waals surface area contributed by atoms with Crippen LogP contribution in [0.5, 0.6) is 0 Å². The van der Waals surface area contributed by atoms with Crippen LogP contribution in [-0.4, -0.2) is 41.2 Å². The summed E-state index contributed by atoms with van der Waals surface area (Å²) in [5.41, 5.74) is 0.419. The van der Waals surface area contributed by atoms with Crippen molar-refractivity contribution in [3.05, 3.63) is 68.3 Å². The highest BCUT2D eigenvalue weighted by atomic mass is 16.6. The van der Waals surface area contributed by atoms with E-state index in [1.54, 1.807) is 43.3 Å². The van der Waals surface area contributed by atoms with Crippen molar-refractivity contribution >= 4 is 28.5 Å². The van der Waals surface area contributed by atoms with E-state index in [2.05, 4.69) is 5.32 Å². The second kappa shape index (κ2) is 7.49. The Kier molecular flexibility index (Phi) is 5.40. The number of rotatable bonds is 7. The second-order valence-electron chi connectivity index (χ2n) is 5.58. The van der Waals surface area contributed by atoms with Crippen LogP contribution in [0.4, 0.5) is 22.7 Å². The molecule has 0 fully saturated rings. The molecule has 0 atom stereocenters. The van der Waals surface area contributed by atoms with Gasteiger partial charge >= 0.3 is 0 Å². The predicted octanol–water partition coefficient (Wildman–Crippen LogP) is 2.99. The van der Waals surface area contributed by atoms with E-state index in [0.717, 1.165) is 6.07 Å². The quantitative estimate of drug-likeness (QED) is 0.466. The summed E-state index contributed by atoms with van der Waals surface area (Å²) >= 11 is 0. The molecule has 1 N–H and O–H groups in total. The number of nitro groups is 2. The number of nitrogens with zero attached hydrogens (tertiary/aromatic N) is 3. The van der Waals surface area contributed by atoms with Gasteiger partial charge in [-0.25, -0.2) is 0 Å². The SMILES string of the molecule is CN(C)CC(=O)c1ccc(Nc2ccc([N+](=O)[O-])cc2[N+](=O)[O-])cc1. The van der Waals surface area contributed by atoms with Gasteiger partial charge in [-0.05, 0) is 44.4 Å². The zero-order valence-electron chi connectivity index (χ0n) is 13.6. The van der Waals surface area contributed by atoms with Crippen molar-refractivity contribution in [2.75, 3.05) is 26.0 Å². The molecule has 130 valence electrons. The van der Waals surface area contributed by atoms with E-state index < -0.39 is 15.5 Å². The molecule has 0 aliphatic rings. The molecule has 2 rings (SSSR count). The lowest BCUT2D eigenvalue weighted by atomic mass is 10.1. The highest BCUT2D eigenvalue weighted by molar-refractivity contribution is 5.97. The topological polar surface area (TPSA) is 119 Å². The highest BCUT2D eigenvalue weighted by Gasteiger charge is 2.19. The third-order valence-electron chi connectivity index (χ3n) is 3.33. The van der Waals surface area contributed by atoms with Crippen LogP contribution in [0, 0.1) is 20.2 Å².